The minimum absolute atomic E-state index is 0.214. The maximum atomic E-state index is 14.2. The molecule has 1 aliphatic carbocycles. The summed E-state index contributed by atoms with van der Waals surface area (Å²) in [6, 6.07) is 12.5. The predicted octanol–water partition coefficient (Wildman–Crippen LogP) is 3.74. The van der Waals surface area contributed by atoms with Crippen LogP contribution in [0.3, 0.4) is 0 Å². The third kappa shape index (κ3) is 3.32. The van der Waals surface area contributed by atoms with Crippen molar-refractivity contribution in [2.24, 2.45) is 0 Å². The maximum Gasteiger partial charge on any atom is 0.224 e. The Kier molecular flexibility index (Phi) is 4.43. The SMILES string of the molecule is Nc1nc(NC[C@]2(c3ncccc3F)C[C@H](F)C2)ncc1-c1ccccc1. The third-order valence-electron chi connectivity index (χ3n) is 4.97. The van der Waals surface area contributed by atoms with Crippen molar-refractivity contribution in [3.05, 3.63) is 66.4 Å². The summed E-state index contributed by atoms with van der Waals surface area (Å²) in [6.07, 6.45) is 2.64. The molecule has 3 aromatic rings. The molecule has 0 spiro atoms. The summed E-state index contributed by atoms with van der Waals surface area (Å²) in [6.45, 7) is 0.283. The number of hydrogen-bond donors (Lipinski definition) is 2. The summed E-state index contributed by atoms with van der Waals surface area (Å²) in [5.74, 6) is 0.241. The fourth-order valence-electron chi connectivity index (χ4n) is 3.55. The Labute approximate surface area is 155 Å². The number of anilines is 2. The number of rotatable bonds is 5. The normalized spacial score (nSPS) is 21.5. The fourth-order valence-corrected chi connectivity index (χ4v) is 3.55. The van der Waals surface area contributed by atoms with E-state index in [2.05, 4.69) is 20.3 Å². The second-order valence-corrected chi connectivity index (χ2v) is 6.83. The van der Waals surface area contributed by atoms with E-state index >= 15 is 0 Å². The van der Waals surface area contributed by atoms with Crippen molar-refractivity contribution < 1.29 is 8.78 Å². The van der Waals surface area contributed by atoms with E-state index in [1.165, 1.54) is 18.3 Å². The summed E-state index contributed by atoms with van der Waals surface area (Å²) in [5.41, 5.74) is 7.30. The molecule has 2 aromatic heterocycles. The smallest absolute Gasteiger partial charge is 0.224 e. The van der Waals surface area contributed by atoms with E-state index in [4.69, 9.17) is 5.73 Å². The van der Waals surface area contributed by atoms with E-state index in [-0.39, 0.29) is 25.1 Å². The van der Waals surface area contributed by atoms with Gasteiger partial charge >= 0.3 is 0 Å². The fraction of sp³-hybridized carbons (Fsp3) is 0.250. The second-order valence-electron chi connectivity index (χ2n) is 6.83. The van der Waals surface area contributed by atoms with Gasteiger partial charge in [0.1, 0.15) is 17.8 Å². The van der Waals surface area contributed by atoms with E-state index in [0.717, 1.165) is 11.1 Å². The number of aromatic nitrogens is 3. The first kappa shape index (κ1) is 17.3. The van der Waals surface area contributed by atoms with Crippen LogP contribution in [0.4, 0.5) is 20.5 Å². The van der Waals surface area contributed by atoms with Crippen LogP contribution in [0.15, 0.2) is 54.9 Å². The molecule has 0 atom stereocenters. The number of nitrogens with two attached hydrogens (primary N) is 1. The molecule has 0 unspecified atom stereocenters. The van der Waals surface area contributed by atoms with Crippen LogP contribution in [0.2, 0.25) is 0 Å². The molecule has 1 aromatic carbocycles. The molecule has 1 fully saturated rings. The first-order chi connectivity index (χ1) is 13.1. The van der Waals surface area contributed by atoms with Crippen LogP contribution in [-0.2, 0) is 5.41 Å². The molecule has 7 heteroatoms. The molecule has 0 saturated heterocycles. The van der Waals surface area contributed by atoms with Crippen molar-refractivity contribution in [3.8, 4) is 11.1 Å². The topological polar surface area (TPSA) is 76.7 Å². The number of nitrogen functional groups attached to an aromatic ring is 1. The number of halogens is 2. The lowest BCUT2D eigenvalue weighted by atomic mass is 9.65. The summed E-state index contributed by atoms with van der Waals surface area (Å²) >= 11 is 0. The number of hydrogen-bond acceptors (Lipinski definition) is 5. The standard InChI is InChI=1S/C20H19F2N5/c21-14-9-20(10-14,17-16(22)7-4-8-24-17)12-26-19-25-11-15(18(23)27-19)13-5-2-1-3-6-13/h1-8,11,14H,9-10,12H2,(H3,23,25,26,27)/t14-,20-. The van der Waals surface area contributed by atoms with Crippen molar-refractivity contribution in [1.82, 2.24) is 15.0 Å². The van der Waals surface area contributed by atoms with Crippen LogP contribution in [0, 0.1) is 5.82 Å². The number of nitrogens with zero attached hydrogens (tertiary/aromatic N) is 3. The summed E-state index contributed by atoms with van der Waals surface area (Å²) < 4.78 is 27.8. The molecule has 4 rings (SSSR count). The zero-order valence-electron chi connectivity index (χ0n) is 14.6. The highest BCUT2D eigenvalue weighted by atomic mass is 19.1. The van der Waals surface area contributed by atoms with Crippen LogP contribution in [0.5, 0.6) is 0 Å². The first-order valence-corrected chi connectivity index (χ1v) is 8.74. The Morgan fingerprint density at radius 1 is 1.11 bits per heavy atom. The molecule has 138 valence electrons. The van der Waals surface area contributed by atoms with Gasteiger partial charge in [-0.1, -0.05) is 30.3 Å². The lowest BCUT2D eigenvalue weighted by Gasteiger charge is -2.43. The van der Waals surface area contributed by atoms with Gasteiger partial charge in [-0.25, -0.2) is 13.8 Å². The molecule has 0 radical (unpaired) electrons. The quantitative estimate of drug-likeness (QED) is 0.718. The Morgan fingerprint density at radius 3 is 2.56 bits per heavy atom. The Hall–Kier alpha value is -3.09. The Balaban J connectivity index is 1.54. The van der Waals surface area contributed by atoms with Crippen LogP contribution in [0.1, 0.15) is 18.5 Å². The lowest BCUT2D eigenvalue weighted by Crippen LogP contribution is -2.49. The average Bonchev–Trinajstić information content (AvgIpc) is 2.65. The zero-order chi connectivity index (χ0) is 18.9. The molecule has 3 N–H and O–H groups in total. The maximum absolute atomic E-state index is 14.2. The van der Waals surface area contributed by atoms with E-state index in [0.29, 0.717) is 11.8 Å². The number of pyridine rings is 1. The van der Waals surface area contributed by atoms with E-state index in [9.17, 15) is 8.78 Å². The minimum Gasteiger partial charge on any atom is -0.383 e. The lowest BCUT2D eigenvalue weighted by molar-refractivity contribution is 0.0963. The van der Waals surface area contributed by atoms with Crippen LogP contribution in [0.25, 0.3) is 11.1 Å². The van der Waals surface area contributed by atoms with Crippen LogP contribution in [-0.4, -0.2) is 27.7 Å². The summed E-state index contributed by atoms with van der Waals surface area (Å²) in [4.78, 5) is 12.7. The number of nitrogens with one attached hydrogen (secondary N) is 1. The van der Waals surface area contributed by atoms with E-state index in [1.807, 2.05) is 30.3 Å². The van der Waals surface area contributed by atoms with E-state index in [1.54, 1.807) is 6.20 Å². The largest absolute Gasteiger partial charge is 0.383 e. The van der Waals surface area contributed by atoms with Crippen LogP contribution >= 0.6 is 0 Å². The van der Waals surface area contributed by atoms with Gasteiger partial charge in [0.05, 0.1) is 5.69 Å². The van der Waals surface area contributed by atoms with Gasteiger partial charge in [0, 0.05) is 29.9 Å². The molecule has 1 saturated carbocycles. The monoisotopic (exact) mass is 367 g/mol. The summed E-state index contributed by atoms with van der Waals surface area (Å²) in [7, 11) is 0. The average molecular weight is 367 g/mol. The van der Waals surface area contributed by atoms with Crippen molar-refractivity contribution in [2.75, 3.05) is 17.6 Å². The van der Waals surface area contributed by atoms with Gasteiger partial charge in [-0.2, -0.15) is 4.98 Å². The van der Waals surface area contributed by atoms with Gasteiger partial charge in [-0.05, 0) is 30.5 Å². The highest BCUT2D eigenvalue weighted by Gasteiger charge is 2.48. The molecule has 0 bridgehead atoms. The van der Waals surface area contributed by atoms with Gasteiger partial charge in [-0.15, -0.1) is 0 Å². The van der Waals surface area contributed by atoms with Crippen molar-refractivity contribution >= 4 is 11.8 Å². The molecule has 27 heavy (non-hydrogen) atoms. The van der Waals surface area contributed by atoms with Gasteiger partial charge < -0.3 is 11.1 Å². The molecule has 0 amide bonds. The van der Waals surface area contributed by atoms with Crippen molar-refractivity contribution in [1.29, 1.82) is 0 Å². The van der Waals surface area contributed by atoms with Crippen LogP contribution < -0.4 is 11.1 Å². The Morgan fingerprint density at radius 2 is 1.89 bits per heavy atom. The molecule has 2 heterocycles. The van der Waals surface area contributed by atoms with E-state index < -0.39 is 17.4 Å². The molecule has 0 aliphatic heterocycles. The highest BCUT2D eigenvalue weighted by molar-refractivity contribution is 5.73. The number of benzene rings is 1. The predicted molar refractivity (Wildman–Crippen MR) is 100 cm³/mol. The third-order valence-corrected chi connectivity index (χ3v) is 4.97. The van der Waals surface area contributed by atoms with Gasteiger partial charge in [-0.3, -0.25) is 4.98 Å². The minimum atomic E-state index is -0.959. The highest BCUT2D eigenvalue weighted by Crippen LogP contribution is 2.45. The van der Waals surface area contributed by atoms with Crippen molar-refractivity contribution in [3.63, 3.8) is 0 Å². The molecular formula is C20H19F2N5. The second kappa shape index (κ2) is 6.90. The molecule has 1 aliphatic rings. The Bertz CT molecular complexity index is 942. The molecule has 5 nitrogen and oxygen atoms in total. The molecular weight excluding hydrogens is 348 g/mol. The van der Waals surface area contributed by atoms with Crippen molar-refractivity contribution in [2.45, 2.75) is 24.4 Å². The first-order valence-electron chi connectivity index (χ1n) is 8.74. The zero-order valence-corrected chi connectivity index (χ0v) is 14.6. The van der Waals surface area contributed by atoms with Gasteiger partial charge in [0.25, 0.3) is 0 Å². The summed E-state index contributed by atoms with van der Waals surface area (Å²) in [5, 5.41) is 3.08. The van der Waals surface area contributed by atoms with Gasteiger partial charge in [0.2, 0.25) is 5.95 Å². The van der Waals surface area contributed by atoms with Gasteiger partial charge in [0.15, 0.2) is 0 Å². The number of alkyl halides is 1.